The largest absolute Gasteiger partial charge is 0.334 e. The summed E-state index contributed by atoms with van der Waals surface area (Å²) in [5.74, 6) is 0. The lowest BCUT2D eigenvalue weighted by Crippen LogP contribution is -2.28. The maximum atomic E-state index is 11.5. The highest BCUT2D eigenvalue weighted by molar-refractivity contribution is 7.13. The van der Waals surface area contributed by atoms with Crippen LogP contribution in [0.1, 0.15) is 11.1 Å². The van der Waals surface area contributed by atoms with Crippen LogP contribution in [0.3, 0.4) is 0 Å². The highest BCUT2D eigenvalue weighted by atomic mass is 32.1. The van der Waals surface area contributed by atoms with Gasteiger partial charge in [-0.25, -0.2) is 9.78 Å². The van der Waals surface area contributed by atoms with E-state index in [1.54, 1.807) is 6.20 Å². The number of nitrogens with zero attached hydrogens (tertiary/aromatic N) is 1. The number of benzene rings is 1. The SMILES string of the molecule is Cc1ccccc1CNC(=O)Nc1nccs1. The van der Waals surface area contributed by atoms with Gasteiger partial charge in [-0.1, -0.05) is 24.3 Å². The van der Waals surface area contributed by atoms with Gasteiger partial charge in [-0.05, 0) is 18.1 Å². The van der Waals surface area contributed by atoms with E-state index in [9.17, 15) is 4.79 Å². The molecule has 2 N–H and O–H groups in total. The van der Waals surface area contributed by atoms with Crippen LogP contribution in [0.5, 0.6) is 0 Å². The van der Waals surface area contributed by atoms with Crippen molar-refractivity contribution in [1.29, 1.82) is 0 Å². The summed E-state index contributed by atoms with van der Waals surface area (Å²) in [5, 5.41) is 7.88. The second-order valence-corrected chi connectivity index (χ2v) is 4.47. The van der Waals surface area contributed by atoms with Crippen LogP contribution >= 0.6 is 11.3 Å². The first-order chi connectivity index (χ1) is 8.25. The van der Waals surface area contributed by atoms with E-state index in [4.69, 9.17) is 0 Å². The molecular formula is C12H13N3OS. The number of carbonyl (C=O) groups excluding carboxylic acids is 1. The lowest BCUT2D eigenvalue weighted by atomic mass is 10.1. The Labute approximate surface area is 104 Å². The first-order valence-electron chi connectivity index (χ1n) is 5.24. The Bertz CT molecular complexity index is 496. The number of nitrogens with one attached hydrogen (secondary N) is 2. The highest BCUT2D eigenvalue weighted by Crippen LogP contribution is 2.10. The van der Waals surface area contributed by atoms with Crippen molar-refractivity contribution in [3.05, 3.63) is 47.0 Å². The zero-order valence-electron chi connectivity index (χ0n) is 9.43. The fraction of sp³-hybridized carbons (Fsp3) is 0.167. The summed E-state index contributed by atoms with van der Waals surface area (Å²) >= 11 is 1.39. The number of amides is 2. The molecule has 4 nitrogen and oxygen atoms in total. The number of rotatable bonds is 3. The molecule has 0 fully saturated rings. The van der Waals surface area contributed by atoms with Gasteiger partial charge in [-0.3, -0.25) is 5.32 Å². The minimum absolute atomic E-state index is 0.233. The minimum atomic E-state index is -0.233. The minimum Gasteiger partial charge on any atom is -0.334 e. The van der Waals surface area contributed by atoms with Crippen LogP contribution in [0.25, 0.3) is 0 Å². The summed E-state index contributed by atoms with van der Waals surface area (Å²) in [6, 6.07) is 7.73. The number of thiazole rings is 1. The Morgan fingerprint density at radius 3 is 2.94 bits per heavy atom. The lowest BCUT2D eigenvalue weighted by Gasteiger charge is -2.07. The Morgan fingerprint density at radius 1 is 1.41 bits per heavy atom. The van der Waals surface area contributed by atoms with Gasteiger partial charge in [-0.15, -0.1) is 11.3 Å². The summed E-state index contributed by atoms with van der Waals surface area (Å²) in [5.41, 5.74) is 2.28. The molecule has 88 valence electrons. The zero-order chi connectivity index (χ0) is 12.1. The Morgan fingerprint density at radius 2 is 2.24 bits per heavy atom. The molecule has 2 aromatic rings. The van der Waals surface area contributed by atoms with Gasteiger partial charge in [-0.2, -0.15) is 0 Å². The summed E-state index contributed by atoms with van der Waals surface area (Å²) < 4.78 is 0. The van der Waals surface area contributed by atoms with Crippen LogP contribution in [0, 0.1) is 6.92 Å². The maximum absolute atomic E-state index is 11.5. The first kappa shape index (κ1) is 11.6. The summed E-state index contributed by atoms with van der Waals surface area (Å²) in [6.07, 6.45) is 1.65. The number of aryl methyl sites for hydroxylation is 1. The molecule has 17 heavy (non-hydrogen) atoms. The van der Waals surface area contributed by atoms with Gasteiger partial charge in [0.1, 0.15) is 0 Å². The van der Waals surface area contributed by atoms with E-state index in [-0.39, 0.29) is 6.03 Å². The number of hydrogen-bond donors (Lipinski definition) is 2. The van der Waals surface area contributed by atoms with E-state index in [2.05, 4.69) is 15.6 Å². The van der Waals surface area contributed by atoms with Crippen molar-refractivity contribution in [3.8, 4) is 0 Å². The van der Waals surface area contributed by atoms with Crippen molar-refractivity contribution < 1.29 is 4.79 Å². The zero-order valence-corrected chi connectivity index (χ0v) is 10.3. The molecule has 0 bridgehead atoms. The number of urea groups is 1. The van der Waals surface area contributed by atoms with Crippen molar-refractivity contribution in [3.63, 3.8) is 0 Å². The van der Waals surface area contributed by atoms with Gasteiger partial charge >= 0.3 is 6.03 Å². The Hall–Kier alpha value is -1.88. The molecule has 0 atom stereocenters. The molecule has 2 rings (SSSR count). The monoisotopic (exact) mass is 247 g/mol. The van der Waals surface area contributed by atoms with Crippen molar-refractivity contribution in [2.75, 3.05) is 5.32 Å². The predicted molar refractivity (Wildman–Crippen MR) is 69.2 cm³/mol. The normalized spacial score (nSPS) is 9.94. The number of aromatic nitrogens is 1. The van der Waals surface area contributed by atoms with Crippen LogP contribution in [-0.4, -0.2) is 11.0 Å². The molecule has 0 aliphatic rings. The van der Waals surface area contributed by atoms with Gasteiger partial charge in [0.2, 0.25) is 0 Å². The maximum Gasteiger partial charge on any atom is 0.321 e. The molecule has 1 aromatic carbocycles. The Balaban J connectivity index is 1.86. The second-order valence-electron chi connectivity index (χ2n) is 3.57. The van der Waals surface area contributed by atoms with Gasteiger partial charge in [0, 0.05) is 18.1 Å². The summed E-state index contributed by atoms with van der Waals surface area (Å²) in [6.45, 7) is 2.54. The lowest BCUT2D eigenvalue weighted by molar-refractivity contribution is 0.251. The van der Waals surface area contributed by atoms with Crippen LogP contribution in [0.2, 0.25) is 0 Å². The second kappa shape index (κ2) is 5.45. The summed E-state index contributed by atoms with van der Waals surface area (Å²) in [4.78, 5) is 15.5. The van der Waals surface area contributed by atoms with E-state index in [1.165, 1.54) is 16.9 Å². The Kier molecular flexibility index (Phi) is 3.72. The first-order valence-corrected chi connectivity index (χ1v) is 6.12. The topological polar surface area (TPSA) is 54.0 Å². The molecule has 0 saturated carbocycles. The fourth-order valence-electron chi connectivity index (χ4n) is 1.41. The van der Waals surface area contributed by atoms with Gasteiger partial charge in [0.25, 0.3) is 0 Å². The fourth-order valence-corrected chi connectivity index (χ4v) is 1.93. The van der Waals surface area contributed by atoms with E-state index in [1.807, 2.05) is 36.6 Å². The van der Waals surface area contributed by atoms with Crippen molar-refractivity contribution >= 4 is 22.5 Å². The van der Waals surface area contributed by atoms with Crippen LogP contribution < -0.4 is 10.6 Å². The number of anilines is 1. The average molecular weight is 247 g/mol. The van der Waals surface area contributed by atoms with Gasteiger partial charge in [0.05, 0.1) is 0 Å². The van der Waals surface area contributed by atoms with Crippen LogP contribution in [0.15, 0.2) is 35.8 Å². The quantitative estimate of drug-likeness (QED) is 0.876. The van der Waals surface area contributed by atoms with Crippen LogP contribution in [0.4, 0.5) is 9.93 Å². The van der Waals surface area contributed by atoms with Crippen LogP contribution in [-0.2, 0) is 6.54 Å². The average Bonchev–Trinajstić information content (AvgIpc) is 2.81. The molecule has 0 unspecified atom stereocenters. The molecular weight excluding hydrogens is 234 g/mol. The van der Waals surface area contributed by atoms with E-state index < -0.39 is 0 Å². The molecule has 0 aliphatic carbocycles. The third-order valence-electron chi connectivity index (χ3n) is 2.35. The van der Waals surface area contributed by atoms with E-state index in [0.29, 0.717) is 11.7 Å². The predicted octanol–water partition coefficient (Wildman–Crippen LogP) is 2.77. The molecule has 5 heteroatoms. The number of carbonyl (C=O) groups is 1. The van der Waals surface area contributed by atoms with E-state index >= 15 is 0 Å². The molecule has 0 spiro atoms. The third kappa shape index (κ3) is 3.29. The molecule has 0 aliphatic heterocycles. The molecule has 0 radical (unpaired) electrons. The van der Waals surface area contributed by atoms with Gasteiger partial charge < -0.3 is 5.32 Å². The third-order valence-corrected chi connectivity index (χ3v) is 3.04. The smallest absolute Gasteiger partial charge is 0.321 e. The van der Waals surface area contributed by atoms with E-state index in [0.717, 1.165) is 5.56 Å². The highest BCUT2D eigenvalue weighted by Gasteiger charge is 2.03. The number of hydrogen-bond acceptors (Lipinski definition) is 3. The van der Waals surface area contributed by atoms with Gasteiger partial charge in [0.15, 0.2) is 5.13 Å². The molecule has 0 saturated heterocycles. The van der Waals surface area contributed by atoms with Crippen molar-refractivity contribution in [2.45, 2.75) is 13.5 Å². The standard InChI is InChI=1S/C12H13N3OS/c1-9-4-2-3-5-10(9)8-14-11(16)15-12-13-6-7-17-12/h2-7H,8H2,1H3,(H2,13,14,15,16). The molecule has 2 amide bonds. The van der Waals surface area contributed by atoms with Crippen molar-refractivity contribution in [1.82, 2.24) is 10.3 Å². The summed E-state index contributed by atoms with van der Waals surface area (Å²) in [7, 11) is 0. The molecule has 1 heterocycles. The van der Waals surface area contributed by atoms with Crippen molar-refractivity contribution in [2.24, 2.45) is 0 Å². The molecule has 1 aromatic heterocycles.